The zero-order valence-electron chi connectivity index (χ0n) is 13.9. The van der Waals surface area contributed by atoms with Gasteiger partial charge in [0.1, 0.15) is 0 Å². The molecule has 0 N–H and O–H groups in total. The highest BCUT2D eigenvalue weighted by Crippen LogP contribution is 2.26. The van der Waals surface area contributed by atoms with Gasteiger partial charge in [0.25, 0.3) is 0 Å². The van der Waals surface area contributed by atoms with Crippen molar-refractivity contribution in [1.82, 2.24) is 4.90 Å². The van der Waals surface area contributed by atoms with Gasteiger partial charge in [-0.25, -0.2) is 0 Å². The van der Waals surface area contributed by atoms with Crippen molar-refractivity contribution in [3.8, 4) is 0 Å². The number of halogens is 2. The number of rotatable bonds is 4. The number of likely N-dealkylation sites (N-methyl/N-ethyl adjacent to an activating group) is 1. The molecule has 0 fully saturated rings. The fraction of sp³-hybridized carbons (Fsp3) is 0.529. The molecular formula is C17H22Cl2N2O2. The maximum absolute atomic E-state index is 12.2. The lowest BCUT2D eigenvalue weighted by Gasteiger charge is -2.24. The van der Waals surface area contributed by atoms with Crippen molar-refractivity contribution in [3.05, 3.63) is 33.8 Å². The van der Waals surface area contributed by atoms with E-state index in [-0.39, 0.29) is 17.4 Å². The molecule has 0 radical (unpaired) electrons. The van der Waals surface area contributed by atoms with Gasteiger partial charge >= 0.3 is 0 Å². The van der Waals surface area contributed by atoms with Crippen LogP contribution in [0, 0.1) is 5.41 Å². The number of amides is 1. The molecule has 1 atom stereocenters. The number of carbonyl (C=O) groups is 1. The summed E-state index contributed by atoms with van der Waals surface area (Å²) in [5.74, 6) is 0.115. The molecule has 0 aromatic heterocycles. The Morgan fingerprint density at radius 3 is 2.65 bits per heavy atom. The van der Waals surface area contributed by atoms with Gasteiger partial charge in [0.05, 0.1) is 22.3 Å². The Hall–Kier alpha value is -1.26. The average molecular weight is 357 g/mol. The lowest BCUT2D eigenvalue weighted by molar-refractivity contribution is -0.133. The van der Waals surface area contributed by atoms with E-state index in [0.717, 1.165) is 11.3 Å². The first-order valence-corrected chi connectivity index (χ1v) is 8.33. The SMILES string of the molecule is CN(C[C@H]1CC(c2ccc(Cl)c(Cl)c2)=NO1)C(=O)CC(C)(C)C. The largest absolute Gasteiger partial charge is 0.390 e. The van der Waals surface area contributed by atoms with Crippen molar-refractivity contribution in [2.45, 2.75) is 39.7 Å². The number of carbonyl (C=O) groups excluding carboxylic acids is 1. The summed E-state index contributed by atoms with van der Waals surface area (Å²) in [4.78, 5) is 19.4. The molecular weight excluding hydrogens is 335 g/mol. The topological polar surface area (TPSA) is 41.9 Å². The number of hydrogen-bond donors (Lipinski definition) is 0. The molecule has 1 amide bonds. The molecule has 0 saturated carbocycles. The monoisotopic (exact) mass is 356 g/mol. The van der Waals surface area contributed by atoms with E-state index in [4.69, 9.17) is 28.0 Å². The van der Waals surface area contributed by atoms with Crippen molar-refractivity contribution in [1.29, 1.82) is 0 Å². The minimum absolute atomic E-state index is 0.0242. The molecule has 0 spiro atoms. The summed E-state index contributed by atoms with van der Waals surface area (Å²) in [6.45, 7) is 6.67. The van der Waals surface area contributed by atoms with E-state index < -0.39 is 0 Å². The molecule has 1 heterocycles. The van der Waals surface area contributed by atoms with Crippen molar-refractivity contribution in [2.24, 2.45) is 10.6 Å². The van der Waals surface area contributed by atoms with E-state index >= 15 is 0 Å². The molecule has 0 unspecified atom stereocenters. The predicted molar refractivity (Wildman–Crippen MR) is 94.2 cm³/mol. The van der Waals surface area contributed by atoms with E-state index in [1.54, 1.807) is 24.1 Å². The highest BCUT2D eigenvalue weighted by Gasteiger charge is 2.26. The Bertz CT molecular complexity index is 624. The predicted octanol–water partition coefficient (Wildman–Crippen LogP) is 4.38. The molecule has 0 bridgehead atoms. The molecule has 6 heteroatoms. The molecule has 126 valence electrons. The molecule has 0 saturated heterocycles. The van der Waals surface area contributed by atoms with E-state index in [1.807, 2.05) is 6.07 Å². The Morgan fingerprint density at radius 1 is 1.35 bits per heavy atom. The van der Waals surface area contributed by atoms with Crippen LogP contribution in [0.5, 0.6) is 0 Å². The molecule has 1 aromatic rings. The van der Waals surface area contributed by atoms with E-state index in [2.05, 4.69) is 25.9 Å². The summed E-state index contributed by atoms with van der Waals surface area (Å²) in [6, 6.07) is 5.39. The summed E-state index contributed by atoms with van der Waals surface area (Å²) in [7, 11) is 1.80. The van der Waals surface area contributed by atoms with Crippen LogP contribution in [0.15, 0.2) is 23.4 Å². The second-order valence-electron chi connectivity index (χ2n) is 7.11. The van der Waals surface area contributed by atoms with E-state index in [1.165, 1.54) is 0 Å². The fourth-order valence-electron chi connectivity index (χ4n) is 2.37. The Morgan fingerprint density at radius 2 is 2.04 bits per heavy atom. The van der Waals surface area contributed by atoms with Crippen molar-refractivity contribution in [2.75, 3.05) is 13.6 Å². The van der Waals surface area contributed by atoms with Crippen LogP contribution in [-0.2, 0) is 9.63 Å². The third-order valence-electron chi connectivity index (χ3n) is 3.57. The first kappa shape index (κ1) is 18.1. The summed E-state index contributed by atoms with van der Waals surface area (Å²) in [5, 5.41) is 5.13. The summed E-state index contributed by atoms with van der Waals surface area (Å²) >= 11 is 12.0. The van der Waals surface area contributed by atoms with Crippen LogP contribution in [0.3, 0.4) is 0 Å². The van der Waals surface area contributed by atoms with Gasteiger partial charge in [0.15, 0.2) is 6.10 Å². The van der Waals surface area contributed by atoms with Crippen LogP contribution in [-0.4, -0.2) is 36.2 Å². The minimum Gasteiger partial charge on any atom is -0.390 e. The summed E-state index contributed by atoms with van der Waals surface area (Å²) < 4.78 is 0. The first-order chi connectivity index (χ1) is 10.7. The van der Waals surface area contributed by atoms with Crippen molar-refractivity contribution >= 4 is 34.8 Å². The van der Waals surface area contributed by atoms with Gasteiger partial charge in [-0.1, -0.05) is 55.2 Å². The second-order valence-corrected chi connectivity index (χ2v) is 7.92. The minimum atomic E-state index is -0.131. The third-order valence-corrected chi connectivity index (χ3v) is 4.31. The maximum atomic E-state index is 12.2. The van der Waals surface area contributed by atoms with Gasteiger partial charge in [-0.3, -0.25) is 4.79 Å². The van der Waals surface area contributed by atoms with Crippen molar-refractivity contribution < 1.29 is 9.63 Å². The molecule has 0 aliphatic carbocycles. The van der Waals surface area contributed by atoms with Gasteiger partial charge in [-0.15, -0.1) is 0 Å². The van der Waals surface area contributed by atoms with Gasteiger partial charge in [-0.05, 0) is 17.5 Å². The third kappa shape index (κ3) is 5.11. The lowest BCUT2D eigenvalue weighted by Crippen LogP contribution is -2.36. The molecule has 1 aliphatic rings. The zero-order valence-corrected chi connectivity index (χ0v) is 15.4. The normalized spacial score (nSPS) is 17.7. The van der Waals surface area contributed by atoms with Crippen LogP contribution in [0.1, 0.15) is 39.2 Å². The zero-order chi connectivity index (χ0) is 17.2. The van der Waals surface area contributed by atoms with Crippen LogP contribution in [0.25, 0.3) is 0 Å². The van der Waals surface area contributed by atoms with Gasteiger partial charge < -0.3 is 9.74 Å². The van der Waals surface area contributed by atoms with Crippen LogP contribution < -0.4 is 0 Å². The molecule has 23 heavy (non-hydrogen) atoms. The van der Waals surface area contributed by atoms with E-state index in [9.17, 15) is 4.79 Å². The fourth-order valence-corrected chi connectivity index (χ4v) is 2.67. The Balaban J connectivity index is 1.91. The van der Waals surface area contributed by atoms with Gasteiger partial charge in [-0.2, -0.15) is 0 Å². The van der Waals surface area contributed by atoms with Gasteiger partial charge in [0, 0.05) is 25.5 Å². The quantitative estimate of drug-likeness (QED) is 0.802. The number of oxime groups is 1. The van der Waals surface area contributed by atoms with Crippen LogP contribution >= 0.6 is 23.2 Å². The molecule has 1 aromatic carbocycles. The van der Waals surface area contributed by atoms with E-state index in [0.29, 0.717) is 29.4 Å². The van der Waals surface area contributed by atoms with Gasteiger partial charge in [0.2, 0.25) is 5.91 Å². The first-order valence-electron chi connectivity index (χ1n) is 7.58. The van der Waals surface area contributed by atoms with Crippen LogP contribution in [0.4, 0.5) is 0 Å². The highest BCUT2D eigenvalue weighted by atomic mass is 35.5. The standard InChI is InChI=1S/C17H22Cl2N2O2/c1-17(2,3)9-16(22)21(4)10-12-8-15(20-23-12)11-5-6-13(18)14(19)7-11/h5-7,12H,8-10H2,1-4H3/t12-/m1/s1. The molecule has 4 nitrogen and oxygen atoms in total. The lowest BCUT2D eigenvalue weighted by atomic mass is 9.91. The highest BCUT2D eigenvalue weighted by molar-refractivity contribution is 6.42. The number of benzene rings is 1. The Kier molecular flexibility index (Phi) is 5.58. The maximum Gasteiger partial charge on any atom is 0.222 e. The van der Waals surface area contributed by atoms with Crippen molar-refractivity contribution in [3.63, 3.8) is 0 Å². The Labute approximate surface area is 147 Å². The number of nitrogens with zero attached hydrogens (tertiary/aromatic N) is 2. The average Bonchev–Trinajstić information content (AvgIpc) is 2.88. The molecule has 2 rings (SSSR count). The number of hydrogen-bond acceptors (Lipinski definition) is 3. The molecule has 1 aliphatic heterocycles. The smallest absolute Gasteiger partial charge is 0.222 e. The van der Waals surface area contributed by atoms with Crippen LogP contribution in [0.2, 0.25) is 10.0 Å². The second kappa shape index (κ2) is 7.10. The summed E-state index contributed by atoms with van der Waals surface area (Å²) in [5.41, 5.74) is 1.69. The summed E-state index contributed by atoms with van der Waals surface area (Å²) in [6.07, 6.45) is 1.02.